The van der Waals surface area contributed by atoms with E-state index >= 15 is 0 Å². The second-order valence-electron chi connectivity index (χ2n) is 32.2. The number of hydrogen-bond donors (Lipinski definition) is 3. The van der Waals surface area contributed by atoms with Crippen LogP contribution in [0.1, 0.15) is 254 Å². The van der Waals surface area contributed by atoms with Crippen molar-refractivity contribution < 1.29 is 41.4 Å². The number of amides is 5. The molecule has 0 aromatic heterocycles. The standard InChI is InChI=1S/C26H38FN3O2.C25H36FN3O2.C24H37FN2O.3H2/c1-25(2,3)10-14-29-15-11-26(12-16-29)9-8-22(20-7-6-19(27)17-21(20)26)28-23(31)18-30-13-4-5-24(30)32;1-24(2,3)10-13-29-14-11-25(12-15-29)9-8-20(18-5-4-17(26)16-19(18)25)28-23(31)21-6-7-22(30)27-21;1-6-27(18(2)28)22-9-10-24(21-17-19(25)7-8-20(21)22)12-15-26(16-13-24)14-11-23(3,4)5;;;/h6-7,17,22H,4-5,8-16,18H2,1-3H3,(H,28,31);4-5,16,20-21H,6-15H2,1-3H3,(H,27,30)(H,28,31);7-8,17,22H,6,9-16H2,1-5H3;3*1H/t22-;20-,21+;22-;;;/m110.../s1. The van der Waals surface area contributed by atoms with Crippen molar-refractivity contribution in [1.82, 2.24) is 40.4 Å². The Morgan fingerprint density at radius 1 is 0.560 bits per heavy atom. The molecule has 11 rings (SSSR count). The summed E-state index contributed by atoms with van der Waals surface area (Å²) in [5, 5.41) is 9.03. The zero-order valence-corrected chi connectivity index (χ0v) is 57.3. The molecular weight excluding hydrogens is 1150 g/mol. The third-order valence-electron chi connectivity index (χ3n) is 22.2. The van der Waals surface area contributed by atoms with E-state index in [9.17, 15) is 37.1 Å². The minimum atomic E-state index is -0.446. The number of carbonyl (C=O) groups excluding carboxylic acids is 5. The third-order valence-corrected chi connectivity index (χ3v) is 22.2. The van der Waals surface area contributed by atoms with Gasteiger partial charge in [0, 0.05) is 37.1 Å². The highest BCUT2D eigenvalue weighted by Gasteiger charge is 2.47. The quantitative estimate of drug-likeness (QED) is 0.154. The number of nitrogens with one attached hydrogen (secondary N) is 3. The molecule has 3 aromatic rings. The van der Waals surface area contributed by atoms with Crippen LogP contribution in [0.4, 0.5) is 13.2 Å². The largest absolute Gasteiger partial charge is 0.348 e. The second kappa shape index (κ2) is 29.1. The van der Waals surface area contributed by atoms with Gasteiger partial charge in [0.1, 0.15) is 23.5 Å². The van der Waals surface area contributed by atoms with Crippen molar-refractivity contribution >= 4 is 29.5 Å². The molecule has 3 aromatic carbocycles. The van der Waals surface area contributed by atoms with Gasteiger partial charge in [0.15, 0.2) is 0 Å². The highest BCUT2D eigenvalue weighted by Crippen LogP contribution is 2.52. The fourth-order valence-electron chi connectivity index (χ4n) is 16.3. The fourth-order valence-corrected chi connectivity index (χ4v) is 16.3. The summed E-state index contributed by atoms with van der Waals surface area (Å²) in [5.41, 5.74) is 7.71. The molecule has 3 spiro atoms. The number of nitrogens with zero attached hydrogens (tertiary/aromatic N) is 5. The summed E-state index contributed by atoms with van der Waals surface area (Å²) in [5.74, 6) is -0.703. The summed E-state index contributed by atoms with van der Waals surface area (Å²) < 4.78 is 42.9. The summed E-state index contributed by atoms with van der Waals surface area (Å²) in [7, 11) is 0. The van der Waals surface area contributed by atoms with Crippen molar-refractivity contribution in [2.75, 3.05) is 78.5 Å². The Bertz CT molecular complexity index is 3050. The molecule has 0 radical (unpaired) electrons. The summed E-state index contributed by atoms with van der Waals surface area (Å²) in [6.07, 6.45) is 17.9. The molecule has 5 amide bonds. The lowest BCUT2D eigenvalue weighted by Gasteiger charge is -2.49. The van der Waals surface area contributed by atoms with Gasteiger partial charge in [0.25, 0.3) is 0 Å². The molecule has 5 saturated heterocycles. The highest BCUT2D eigenvalue weighted by molar-refractivity contribution is 5.91. The van der Waals surface area contributed by atoms with E-state index in [0.717, 1.165) is 165 Å². The lowest BCUT2D eigenvalue weighted by Crippen LogP contribution is -2.48. The maximum Gasteiger partial charge on any atom is 0.243 e. The molecule has 0 unspecified atom stereocenters. The fraction of sp³-hybridized carbons (Fsp3) is 0.693. The number of halogens is 3. The predicted octanol–water partition coefficient (Wildman–Crippen LogP) is 14.0. The zero-order chi connectivity index (χ0) is 65.7. The molecule has 508 valence electrons. The summed E-state index contributed by atoms with van der Waals surface area (Å²) >= 11 is 0. The van der Waals surface area contributed by atoms with Crippen LogP contribution >= 0.6 is 0 Å². The molecule has 13 nitrogen and oxygen atoms in total. The number of carbonyl (C=O) groups is 5. The van der Waals surface area contributed by atoms with Crippen molar-refractivity contribution in [1.29, 1.82) is 0 Å². The van der Waals surface area contributed by atoms with Crippen molar-refractivity contribution in [2.24, 2.45) is 16.2 Å². The molecule has 5 aliphatic heterocycles. The van der Waals surface area contributed by atoms with Crippen LogP contribution in [0.15, 0.2) is 54.6 Å². The Labute approximate surface area is 548 Å². The van der Waals surface area contributed by atoms with Crippen LogP contribution in [0.25, 0.3) is 0 Å². The second-order valence-corrected chi connectivity index (χ2v) is 32.2. The first kappa shape index (κ1) is 70.0. The Kier molecular flexibility index (Phi) is 22.4. The predicted molar refractivity (Wildman–Crippen MR) is 362 cm³/mol. The van der Waals surface area contributed by atoms with Crippen LogP contribution in [-0.4, -0.2) is 139 Å². The number of fused-ring (bicyclic) bond motifs is 6. The van der Waals surface area contributed by atoms with Crippen LogP contribution < -0.4 is 16.0 Å². The topological polar surface area (TPSA) is 138 Å². The first-order chi connectivity index (χ1) is 43.0. The Morgan fingerprint density at radius 2 is 0.967 bits per heavy atom. The maximum absolute atomic E-state index is 14.3. The first-order valence-corrected chi connectivity index (χ1v) is 35.0. The van der Waals surface area contributed by atoms with E-state index in [-0.39, 0.29) is 92.2 Å². The molecule has 5 fully saturated rings. The molecule has 91 heavy (non-hydrogen) atoms. The molecule has 0 bridgehead atoms. The van der Waals surface area contributed by atoms with E-state index in [1.165, 1.54) is 42.5 Å². The summed E-state index contributed by atoms with van der Waals surface area (Å²) in [4.78, 5) is 72.1. The molecular formula is C75H117F3N8O5. The van der Waals surface area contributed by atoms with Gasteiger partial charge in [-0.1, -0.05) is 80.5 Å². The minimum Gasteiger partial charge on any atom is -0.348 e. The zero-order valence-electron chi connectivity index (χ0n) is 57.3. The highest BCUT2D eigenvalue weighted by atomic mass is 19.1. The molecule has 0 saturated carbocycles. The number of benzene rings is 3. The summed E-state index contributed by atoms with van der Waals surface area (Å²) in [6.45, 7) is 35.5. The van der Waals surface area contributed by atoms with Gasteiger partial charge in [-0.15, -0.1) is 0 Å². The van der Waals surface area contributed by atoms with E-state index in [1.807, 2.05) is 30.0 Å². The first-order valence-electron chi connectivity index (χ1n) is 35.0. The van der Waals surface area contributed by atoms with E-state index in [2.05, 4.69) is 93.0 Å². The van der Waals surface area contributed by atoms with Gasteiger partial charge < -0.3 is 40.4 Å². The van der Waals surface area contributed by atoms with Crippen molar-refractivity contribution in [3.63, 3.8) is 0 Å². The van der Waals surface area contributed by atoms with Crippen molar-refractivity contribution in [3.05, 3.63) is 105 Å². The van der Waals surface area contributed by atoms with Gasteiger partial charge in [0.2, 0.25) is 29.5 Å². The van der Waals surface area contributed by atoms with E-state index in [4.69, 9.17) is 0 Å². The van der Waals surface area contributed by atoms with Crippen molar-refractivity contribution in [3.8, 4) is 0 Å². The normalized spacial score (nSPS) is 23.9. The molecule has 3 N–H and O–H groups in total. The Morgan fingerprint density at radius 3 is 1.34 bits per heavy atom. The summed E-state index contributed by atoms with van der Waals surface area (Å²) in [6, 6.07) is 14.8. The molecule has 3 aliphatic carbocycles. The minimum absolute atomic E-state index is 0. The lowest BCUT2D eigenvalue weighted by molar-refractivity contribution is -0.133. The van der Waals surface area contributed by atoms with Crippen LogP contribution in [0.2, 0.25) is 0 Å². The average molecular weight is 1270 g/mol. The van der Waals surface area contributed by atoms with Gasteiger partial charge in [0.05, 0.1) is 24.7 Å². The monoisotopic (exact) mass is 1270 g/mol. The van der Waals surface area contributed by atoms with E-state index in [0.29, 0.717) is 48.6 Å². The Hall–Kier alpha value is -5.32. The van der Waals surface area contributed by atoms with Gasteiger partial charge in [-0.3, -0.25) is 24.0 Å². The van der Waals surface area contributed by atoms with Gasteiger partial charge in [-0.25, -0.2) is 13.2 Å². The molecule has 8 aliphatic rings. The average Bonchev–Trinajstić information content (AvgIpc) is 0.853. The number of rotatable bonds is 13. The van der Waals surface area contributed by atoms with Gasteiger partial charge in [-0.2, -0.15) is 0 Å². The van der Waals surface area contributed by atoms with Gasteiger partial charge in [-0.05, 0) is 277 Å². The van der Waals surface area contributed by atoms with Gasteiger partial charge >= 0.3 is 0 Å². The number of piperidine rings is 3. The number of hydrogen-bond acceptors (Lipinski definition) is 8. The SMILES string of the molecule is CC(C)(C)CCN1CCC2(CC[C@@H](NC(=O)CN3CCCC3=O)c3ccc(F)cc32)CC1.CC(C)(C)CCN1CCC2(CC[C@@H](NC(=O)[C@@H]3CCC(=O)N3)c3ccc(F)cc32)CC1.CCN(C(C)=O)[C@H]1CCC2(CCN(CCC(C)(C)C)CC2)c2cc(F)ccc21.[HH].[HH].[HH]. The van der Waals surface area contributed by atoms with Crippen molar-refractivity contribution in [2.45, 2.75) is 239 Å². The Balaban J connectivity index is 0.000000220. The molecule has 16 heteroatoms. The smallest absolute Gasteiger partial charge is 0.243 e. The van der Waals surface area contributed by atoms with E-state index in [1.54, 1.807) is 36.1 Å². The van der Waals surface area contributed by atoms with E-state index < -0.39 is 6.04 Å². The lowest BCUT2D eigenvalue weighted by atomic mass is 9.63. The molecule has 5 heterocycles. The van der Waals surface area contributed by atoms with Crippen LogP contribution in [0.3, 0.4) is 0 Å². The molecule has 4 atom stereocenters. The van der Waals surface area contributed by atoms with Crippen LogP contribution in [0, 0.1) is 33.7 Å². The van der Waals surface area contributed by atoms with Crippen LogP contribution in [0.5, 0.6) is 0 Å². The van der Waals surface area contributed by atoms with Crippen LogP contribution in [-0.2, 0) is 40.2 Å². The third kappa shape index (κ3) is 17.7. The maximum atomic E-state index is 14.3. The number of likely N-dealkylation sites (tertiary alicyclic amines) is 4.